The van der Waals surface area contributed by atoms with Crippen molar-refractivity contribution in [3.05, 3.63) is 42.5 Å². The molecule has 2 amide bonds. The Morgan fingerprint density at radius 1 is 1.35 bits per heavy atom. The molecular formula is C19H25N5O6S. The summed E-state index contributed by atoms with van der Waals surface area (Å²) in [7, 11) is -1.39. The Bertz CT molecular complexity index is 1020. The third-order valence-electron chi connectivity index (χ3n) is 4.24. The van der Waals surface area contributed by atoms with Crippen LogP contribution in [0.2, 0.25) is 0 Å². The summed E-state index contributed by atoms with van der Waals surface area (Å²) in [5.41, 5.74) is -0.186. The van der Waals surface area contributed by atoms with Crippen molar-refractivity contribution in [1.82, 2.24) is 14.5 Å². The summed E-state index contributed by atoms with van der Waals surface area (Å²) >= 11 is 0. The van der Waals surface area contributed by atoms with Crippen LogP contribution in [0.4, 0.5) is 4.79 Å². The van der Waals surface area contributed by atoms with E-state index in [0.717, 1.165) is 4.90 Å². The van der Waals surface area contributed by atoms with Crippen LogP contribution in [0.5, 0.6) is 0 Å². The molecule has 0 aliphatic carbocycles. The molecule has 11 nitrogen and oxygen atoms in total. The van der Waals surface area contributed by atoms with Gasteiger partial charge in [0.25, 0.3) is 10.0 Å². The highest BCUT2D eigenvalue weighted by Gasteiger charge is 2.32. The zero-order valence-electron chi connectivity index (χ0n) is 17.7. The van der Waals surface area contributed by atoms with Crippen molar-refractivity contribution in [2.75, 3.05) is 27.3 Å². The molecule has 0 bridgehead atoms. The van der Waals surface area contributed by atoms with Gasteiger partial charge in [-0.25, -0.2) is 27.7 Å². The number of benzene rings is 1. The molecule has 0 radical (unpaired) electrons. The Hall–Kier alpha value is -3.41. The molecule has 0 saturated heterocycles. The van der Waals surface area contributed by atoms with E-state index in [0.29, 0.717) is 0 Å². The Kier molecular flexibility index (Phi) is 7.75. The first-order chi connectivity index (χ1) is 14.7. The van der Waals surface area contributed by atoms with E-state index in [1.54, 1.807) is 25.8 Å². The van der Waals surface area contributed by atoms with Gasteiger partial charge in [0.2, 0.25) is 5.96 Å². The smallest absolute Gasteiger partial charge is 0.339 e. The highest BCUT2D eigenvalue weighted by molar-refractivity contribution is 7.90. The first-order valence-corrected chi connectivity index (χ1v) is 10.8. The fraction of sp³-hybridized carbons (Fsp3) is 0.368. The summed E-state index contributed by atoms with van der Waals surface area (Å²) < 4.78 is 37.8. The zero-order valence-corrected chi connectivity index (χ0v) is 18.5. The van der Waals surface area contributed by atoms with E-state index in [2.05, 4.69) is 16.6 Å². The average molecular weight is 452 g/mol. The van der Waals surface area contributed by atoms with Crippen LogP contribution in [0.15, 0.2) is 51.8 Å². The first-order valence-electron chi connectivity index (χ1n) is 9.30. The molecule has 1 atom stereocenters. The molecule has 0 saturated carbocycles. The molecule has 1 N–H and O–H groups in total. The second-order valence-corrected chi connectivity index (χ2v) is 7.95. The number of urea groups is 1. The van der Waals surface area contributed by atoms with Crippen molar-refractivity contribution in [2.24, 2.45) is 9.98 Å². The predicted octanol–water partition coefficient (Wildman–Crippen LogP) is 1.40. The molecule has 1 aliphatic rings. The van der Waals surface area contributed by atoms with Crippen LogP contribution >= 0.6 is 0 Å². The van der Waals surface area contributed by atoms with Gasteiger partial charge in [0.15, 0.2) is 0 Å². The number of hydrogen-bond donors (Lipinski definition) is 1. The number of sulfonamides is 1. The maximum Gasteiger partial charge on any atom is 0.339 e. The lowest BCUT2D eigenvalue weighted by Gasteiger charge is -2.34. The molecule has 1 aromatic carbocycles. The molecule has 1 aliphatic heterocycles. The highest BCUT2D eigenvalue weighted by atomic mass is 32.2. The number of nitrogens with zero attached hydrogens (tertiary/aromatic N) is 4. The zero-order chi connectivity index (χ0) is 23.2. The lowest BCUT2D eigenvalue weighted by Crippen LogP contribution is -2.54. The molecule has 12 heteroatoms. The minimum atomic E-state index is -4.42. The number of nitrogens with one attached hydrogen (secondary N) is 1. The van der Waals surface area contributed by atoms with Crippen LogP contribution in [0.1, 0.15) is 24.2 Å². The van der Waals surface area contributed by atoms with Gasteiger partial charge in [-0.15, -0.1) is 6.58 Å². The Labute approximate surface area is 181 Å². The second kappa shape index (κ2) is 10.1. The third kappa shape index (κ3) is 5.40. The number of guanidine groups is 1. The fourth-order valence-corrected chi connectivity index (χ4v) is 3.79. The van der Waals surface area contributed by atoms with Crippen molar-refractivity contribution in [3.63, 3.8) is 0 Å². The number of rotatable bonds is 6. The Balaban J connectivity index is 2.39. The number of carbonyl (C=O) groups excluding carboxylic acids is 2. The minimum absolute atomic E-state index is 0.0398. The van der Waals surface area contributed by atoms with Gasteiger partial charge in [-0.05, 0) is 26.0 Å². The lowest BCUT2D eigenvalue weighted by molar-refractivity contribution is 0.0521. The lowest BCUT2D eigenvalue weighted by atomic mass is 10.2. The topological polar surface area (TPSA) is 130 Å². The summed E-state index contributed by atoms with van der Waals surface area (Å²) in [5.74, 6) is -0.698. The van der Waals surface area contributed by atoms with Gasteiger partial charge in [0, 0.05) is 13.6 Å². The maximum absolute atomic E-state index is 13.0. The maximum atomic E-state index is 13.0. The molecule has 2 rings (SSSR count). The van der Waals surface area contributed by atoms with Crippen LogP contribution in [0.3, 0.4) is 0 Å². The van der Waals surface area contributed by atoms with Gasteiger partial charge in [-0.3, -0.25) is 4.90 Å². The van der Waals surface area contributed by atoms with Crippen molar-refractivity contribution >= 4 is 34.0 Å². The minimum Gasteiger partial charge on any atom is -0.467 e. The molecule has 1 unspecified atom stereocenters. The summed E-state index contributed by atoms with van der Waals surface area (Å²) in [6.45, 7) is 6.98. The number of aliphatic imine (C=N–C) groups is 2. The number of esters is 1. The van der Waals surface area contributed by atoms with Crippen LogP contribution in [0.25, 0.3) is 0 Å². The van der Waals surface area contributed by atoms with E-state index in [1.165, 1.54) is 37.5 Å². The van der Waals surface area contributed by atoms with E-state index in [-0.39, 0.29) is 35.6 Å². The monoisotopic (exact) mass is 451 g/mol. The van der Waals surface area contributed by atoms with Crippen LogP contribution in [0, 0.1) is 0 Å². The number of methoxy groups -OCH3 is 1. The summed E-state index contributed by atoms with van der Waals surface area (Å²) in [5, 5.41) is 0. The molecule has 0 aromatic heterocycles. The summed E-state index contributed by atoms with van der Waals surface area (Å²) in [6.07, 6.45) is 1.00. The van der Waals surface area contributed by atoms with Gasteiger partial charge < -0.3 is 14.4 Å². The van der Waals surface area contributed by atoms with Gasteiger partial charge in [0.05, 0.1) is 19.3 Å². The number of carbonyl (C=O) groups is 2. The number of hydrogen-bond acceptors (Lipinski definition) is 9. The number of amidine groups is 1. The van der Waals surface area contributed by atoms with Crippen LogP contribution in [-0.4, -0.2) is 75.7 Å². The van der Waals surface area contributed by atoms with E-state index < -0.39 is 28.2 Å². The van der Waals surface area contributed by atoms with E-state index in [9.17, 15) is 18.0 Å². The third-order valence-corrected chi connectivity index (χ3v) is 5.62. The predicted molar refractivity (Wildman–Crippen MR) is 114 cm³/mol. The van der Waals surface area contributed by atoms with Gasteiger partial charge in [-0.2, -0.15) is 4.99 Å². The average Bonchev–Trinajstić information content (AvgIpc) is 2.74. The Morgan fingerprint density at radius 2 is 2.03 bits per heavy atom. The van der Waals surface area contributed by atoms with Crippen molar-refractivity contribution in [2.45, 2.75) is 24.9 Å². The fourth-order valence-electron chi connectivity index (χ4n) is 2.64. The second-order valence-electron chi connectivity index (χ2n) is 6.30. The standard InChI is InChI=1S/C19H25N5O6S/c1-6-12-24(18-21-17(29-5)20-13(3)23(18)4)19(26)22-31(27,28)15-11-9-8-10-14(15)16(25)30-7-2/h6,8-11,13H,1,7,12H2,2-5H3,(H,22,26). The molecule has 0 fully saturated rings. The van der Waals surface area contributed by atoms with E-state index in [1.807, 2.05) is 4.72 Å². The first kappa shape index (κ1) is 23.9. The van der Waals surface area contributed by atoms with E-state index in [4.69, 9.17) is 9.47 Å². The van der Waals surface area contributed by atoms with Crippen molar-refractivity contribution < 1.29 is 27.5 Å². The largest absolute Gasteiger partial charge is 0.467 e. The SMILES string of the molecule is C=CCN(C(=O)NS(=O)(=O)c1ccccc1C(=O)OCC)C1=NC(OC)=NC(C)N1C. The molecule has 168 valence electrons. The quantitative estimate of drug-likeness (QED) is 0.511. The van der Waals surface area contributed by atoms with Crippen LogP contribution < -0.4 is 4.72 Å². The van der Waals surface area contributed by atoms with Gasteiger partial charge >= 0.3 is 18.0 Å². The molecule has 0 spiro atoms. The van der Waals surface area contributed by atoms with Gasteiger partial charge in [0.1, 0.15) is 11.1 Å². The van der Waals surface area contributed by atoms with Crippen molar-refractivity contribution in [1.29, 1.82) is 0 Å². The van der Waals surface area contributed by atoms with Gasteiger partial charge in [-0.1, -0.05) is 18.2 Å². The molecular weight excluding hydrogens is 426 g/mol. The molecule has 1 heterocycles. The Morgan fingerprint density at radius 3 is 2.65 bits per heavy atom. The normalized spacial score (nSPS) is 16.0. The summed E-state index contributed by atoms with van der Waals surface area (Å²) in [6, 6.07) is 4.50. The molecule has 1 aromatic rings. The molecule has 31 heavy (non-hydrogen) atoms. The van der Waals surface area contributed by atoms with E-state index >= 15 is 0 Å². The van der Waals surface area contributed by atoms with Crippen molar-refractivity contribution in [3.8, 4) is 0 Å². The summed E-state index contributed by atoms with van der Waals surface area (Å²) in [4.78, 5) is 35.7. The highest BCUT2D eigenvalue weighted by Crippen LogP contribution is 2.18. The number of ether oxygens (including phenoxy) is 2. The number of amides is 2. The van der Waals surface area contributed by atoms with Crippen LogP contribution in [-0.2, 0) is 19.5 Å².